The summed E-state index contributed by atoms with van der Waals surface area (Å²) in [6, 6.07) is 0. The molecule has 94 valence electrons. The quantitative estimate of drug-likeness (QED) is 0.892. The minimum Gasteiger partial charge on any atom is -0.311 e. The number of rotatable bonds is 4. The lowest BCUT2D eigenvalue weighted by atomic mass is 9.97. The van der Waals surface area contributed by atoms with Crippen molar-refractivity contribution < 1.29 is 0 Å². The molecule has 0 radical (unpaired) electrons. The summed E-state index contributed by atoms with van der Waals surface area (Å²) >= 11 is 1.89. The second-order valence-electron chi connectivity index (χ2n) is 4.67. The fraction of sp³-hybridized carbons (Fsp3) is 0.692. The van der Waals surface area contributed by atoms with Crippen molar-refractivity contribution in [1.82, 2.24) is 15.3 Å². The van der Waals surface area contributed by atoms with Gasteiger partial charge in [-0.1, -0.05) is 20.8 Å². The molecule has 0 atom stereocenters. The van der Waals surface area contributed by atoms with Crippen LogP contribution in [0.25, 0.3) is 0 Å². The van der Waals surface area contributed by atoms with Crippen LogP contribution < -0.4 is 5.32 Å². The van der Waals surface area contributed by atoms with Gasteiger partial charge < -0.3 is 5.32 Å². The number of aromatic nitrogens is 2. The molecule has 0 unspecified atom stereocenters. The van der Waals surface area contributed by atoms with E-state index in [2.05, 4.69) is 26.1 Å². The van der Waals surface area contributed by atoms with Gasteiger partial charge in [-0.2, -0.15) is 11.8 Å². The molecule has 2 heterocycles. The molecule has 0 amide bonds. The molecule has 0 bridgehead atoms. The molecule has 1 aliphatic rings. The Balaban J connectivity index is 2.34. The molecule has 3 nitrogen and oxygen atoms in total. The van der Waals surface area contributed by atoms with E-state index in [0.29, 0.717) is 5.92 Å². The predicted octanol–water partition coefficient (Wildman–Crippen LogP) is 2.50. The topological polar surface area (TPSA) is 37.8 Å². The SMILES string of the molecule is CCSCc1nc2c(c(C(C)C)n1)CCNC2. The summed E-state index contributed by atoms with van der Waals surface area (Å²) in [4.78, 5) is 9.46. The van der Waals surface area contributed by atoms with Crippen molar-refractivity contribution in [1.29, 1.82) is 0 Å². The maximum absolute atomic E-state index is 4.76. The van der Waals surface area contributed by atoms with Gasteiger partial charge in [0.1, 0.15) is 5.82 Å². The standard InChI is InChI=1S/C13H21N3S/c1-4-17-8-12-15-11-7-14-6-5-10(11)13(16-12)9(2)3/h9,14H,4-8H2,1-3H3. The van der Waals surface area contributed by atoms with Gasteiger partial charge in [0, 0.05) is 6.54 Å². The van der Waals surface area contributed by atoms with Crippen molar-refractivity contribution in [3.8, 4) is 0 Å². The molecule has 0 saturated carbocycles. The molecular formula is C13H21N3S. The molecule has 1 aromatic rings. The number of hydrogen-bond donors (Lipinski definition) is 1. The molecule has 0 spiro atoms. The van der Waals surface area contributed by atoms with Gasteiger partial charge in [-0.15, -0.1) is 0 Å². The maximum Gasteiger partial charge on any atom is 0.138 e. The van der Waals surface area contributed by atoms with Gasteiger partial charge in [-0.25, -0.2) is 9.97 Å². The molecule has 1 aliphatic heterocycles. The summed E-state index contributed by atoms with van der Waals surface area (Å²) in [6.45, 7) is 8.58. The number of hydrogen-bond acceptors (Lipinski definition) is 4. The predicted molar refractivity (Wildman–Crippen MR) is 73.4 cm³/mol. The van der Waals surface area contributed by atoms with E-state index in [0.717, 1.165) is 36.8 Å². The Hall–Kier alpha value is -0.610. The van der Waals surface area contributed by atoms with Crippen molar-refractivity contribution >= 4 is 11.8 Å². The fourth-order valence-corrected chi connectivity index (χ4v) is 2.69. The molecular weight excluding hydrogens is 230 g/mol. The highest BCUT2D eigenvalue weighted by Gasteiger charge is 2.18. The van der Waals surface area contributed by atoms with E-state index in [1.807, 2.05) is 11.8 Å². The van der Waals surface area contributed by atoms with E-state index in [1.54, 1.807) is 0 Å². The number of thioether (sulfide) groups is 1. The van der Waals surface area contributed by atoms with Crippen LogP contribution in [0.4, 0.5) is 0 Å². The molecule has 0 fully saturated rings. The van der Waals surface area contributed by atoms with E-state index in [1.165, 1.54) is 17.0 Å². The second-order valence-corrected chi connectivity index (χ2v) is 5.94. The van der Waals surface area contributed by atoms with E-state index in [4.69, 9.17) is 9.97 Å². The summed E-state index contributed by atoms with van der Waals surface area (Å²) in [5, 5.41) is 3.39. The van der Waals surface area contributed by atoms with Gasteiger partial charge in [0.2, 0.25) is 0 Å². The Labute approximate surface area is 108 Å². The van der Waals surface area contributed by atoms with Crippen LogP contribution in [0.2, 0.25) is 0 Å². The Morgan fingerprint density at radius 3 is 2.88 bits per heavy atom. The third kappa shape index (κ3) is 2.99. The zero-order chi connectivity index (χ0) is 12.3. The van der Waals surface area contributed by atoms with E-state index < -0.39 is 0 Å². The van der Waals surface area contributed by atoms with Crippen LogP contribution in [0.5, 0.6) is 0 Å². The Morgan fingerprint density at radius 1 is 1.35 bits per heavy atom. The first-order valence-corrected chi connectivity index (χ1v) is 7.54. The first-order chi connectivity index (χ1) is 8.22. The first kappa shape index (κ1) is 12.8. The highest BCUT2D eigenvalue weighted by molar-refractivity contribution is 7.98. The molecule has 1 N–H and O–H groups in total. The van der Waals surface area contributed by atoms with E-state index >= 15 is 0 Å². The summed E-state index contributed by atoms with van der Waals surface area (Å²) < 4.78 is 0. The minimum atomic E-state index is 0.496. The molecule has 2 rings (SSSR count). The highest BCUT2D eigenvalue weighted by Crippen LogP contribution is 2.23. The van der Waals surface area contributed by atoms with Crippen LogP contribution in [0.15, 0.2) is 0 Å². The van der Waals surface area contributed by atoms with Crippen molar-refractivity contribution in [3.05, 3.63) is 22.8 Å². The van der Waals surface area contributed by atoms with Crippen LogP contribution in [0.1, 0.15) is 49.5 Å². The first-order valence-electron chi connectivity index (χ1n) is 6.39. The molecule has 1 aromatic heterocycles. The third-order valence-electron chi connectivity index (χ3n) is 3.00. The average molecular weight is 251 g/mol. The smallest absolute Gasteiger partial charge is 0.138 e. The molecule has 4 heteroatoms. The molecule has 0 aliphatic carbocycles. The summed E-state index contributed by atoms with van der Waals surface area (Å²) in [5.74, 6) is 3.55. The van der Waals surface area contributed by atoms with Crippen LogP contribution in [-0.2, 0) is 18.7 Å². The minimum absolute atomic E-state index is 0.496. The summed E-state index contributed by atoms with van der Waals surface area (Å²) in [6.07, 6.45) is 1.07. The maximum atomic E-state index is 4.76. The van der Waals surface area contributed by atoms with Crippen LogP contribution in [0.3, 0.4) is 0 Å². The second kappa shape index (κ2) is 5.83. The van der Waals surface area contributed by atoms with Crippen LogP contribution >= 0.6 is 11.8 Å². The van der Waals surface area contributed by atoms with Gasteiger partial charge >= 0.3 is 0 Å². The molecule has 17 heavy (non-hydrogen) atoms. The van der Waals surface area contributed by atoms with Gasteiger partial charge in [0.25, 0.3) is 0 Å². The lowest BCUT2D eigenvalue weighted by Gasteiger charge is -2.21. The number of nitrogens with zero attached hydrogens (tertiary/aromatic N) is 2. The summed E-state index contributed by atoms with van der Waals surface area (Å²) in [7, 11) is 0. The Bertz CT molecular complexity index is 390. The van der Waals surface area contributed by atoms with Gasteiger partial charge in [0.05, 0.1) is 17.1 Å². The van der Waals surface area contributed by atoms with Crippen molar-refractivity contribution in [2.45, 2.75) is 45.4 Å². The zero-order valence-electron chi connectivity index (χ0n) is 10.9. The lowest BCUT2D eigenvalue weighted by molar-refractivity contribution is 0.603. The van der Waals surface area contributed by atoms with E-state index in [-0.39, 0.29) is 0 Å². The number of fused-ring (bicyclic) bond motifs is 1. The van der Waals surface area contributed by atoms with Crippen LogP contribution in [-0.4, -0.2) is 22.3 Å². The largest absolute Gasteiger partial charge is 0.311 e. The molecule has 0 aromatic carbocycles. The van der Waals surface area contributed by atoms with Crippen molar-refractivity contribution in [2.24, 2.45) is 0 Å². The number of nitrogens with one attached hydrogen (secondary N) is 1. The molecule has 0 saturated heterocycles. The van der Waals surface area contributed by atoms with Gasteiger partial charge in [-0.3, -0.25) is 0 Å². The Morgan fingerprint density at radius 2 is 2.18 bits per heavy atom. The Kier molecular flexibility index (Phi) is 4.40. The average Bonchev–Trinajstić information content (AvgIpc) is 2.35. The van der Waals surface area contributed by atoms with Gasteiger partial charge in [-0.05, 0) is 30.2 Å². The van der Waals surface area contributed by atoms with Crippen molar-refractivity contribution in [2.75, 3.05) is 12.3 Å². The van der Waals surface area contributed by atoms with Crippen LogP contribution in [0, 0.1) is 0 Å². The normalized spacial score (nSPS) is 15.1. The fourth-order valence-electron chi connectivity index (χ4n) is 2.18. The van der Waals surface area contributed by atoms with E-state index in [9.17, 15) is 0 Å². The lowest BCUT2D eigenvalue weighted by Crippen LogP contribution is -2.27. The highest BCUT2D eigenvalue weighted by atomic mass is 32.2. The summed E-state index contributed by atoms with van der Waals surface area (Å²) in [5.41, 5.74) is 3.88. The zero-order valence-corrected chi connectivity index (χ0v) is 11.7. The third-order valence-corrected chi connectivity index (χ3v) is 3.87. The van der Waals surface area contributed by atoms with Crippen molar-refractivity contribution in [3.63, 3.8) is 0 Å². The monoisotopic (exact) mass is 251 g/mol. The van der Waals surface area contributed by atoms with Gasteiger partial charge in [0.15, 0.2) is 0 Å².